The number of imidazole rings is 1. The van der Waals surface area contributed by atoms with E-state index in [2.05, 4.69) is 20.9 Å². The lowest BCUT2D eigenvalue weighted by Gasteiger charge is -2.13. The van der Waals surface area contributed by atoms with Crippen LogP contribution < -0.4 is 11.1 Å². The van der Waals surface area contributed by atoms with Crippen LogP contribution in [0.4, 0.5) is 5.82 Å². The normalized spacial score (nSPS) is 11.3. The van der Waals surface area contributed by atoms with Gasteiger partial charge < -0.3 is 25.3 Å². The number of ether oxygens (including phenoxy) is 1. The predicted octanol–water partition coefficient (Wildman–Crippen LogP) is 2.68. The minimum atomic E-state index is 0.0772. The molecule has 0 spiro atoms. The number of anilines is 1. The van der Waals surface area contributed by atoms with Gasteiger partial charge in [-0.15, -0.1) is 0 Å². The molecule has 34 heavy (non-hydrogen) atoms. The highest BCUT2D eigenvalue weighted by atomic mass is 16.5. The topological polar surface area (TPSA) is 115 Å². The van der Waals surface area contributed by atoms with Crippen molar-refractivity contribution in [3.63, 3.8) is 0 Å². The number of methoxy groups -OCH3 is 1. The number of amides is 2. The van der Waals surface area contributed by atoms with Gasteiger partial charge in [0.1, 0.15) is 11.3 Å². The summed E-state index contributed by atoms with van der Waals surface area (Å²) in [5.74, 6) is 1.45. The molecule has 9 nitrogen and oxygen atoms in total. The third-order valence-electron chi connectivity index (χ3n) is 5.86. The average Bonchev–Trinajstić information content (AvgIpc) is 3.18. The quantitative estimate of drug-likeness (QED) is 0.395. The molecule has 3 N–H and O–H groups in total. The molecule has 0 saturated heterocycles. The van der Waals surface area contributed by atoms with E-state index < -0.39 is 0 Å². The zero-order valence-electron chi connectivity index (χ0n) is 20.7. The summed E-state index contributed by atoms with van der Waals surface area (Å²) in [5, 5.41) is 3.94. The van der Waals surface area contributed by atoms with Crippen LogP contribution in [-0.2, 0) is 33.7 Å². The summed E-state index contributed by atoms with van der Waals surface area (Å²) >= 11 is 0. The summed E-state index contributed by atoms with van der Waals surface area (Å²) in [5.41, 5.74) is 9.78. The van der Waals surface area contributed by atoms with E-state index in [4.69, 9.17) is 15.5 Å². The molecule has 0 radical (unpaired) electrons. The molecule has 1 aromatic carbocycles. The maximum absolute atomic E-state index is 12.1. The second-order valence-electron chi connectivity index (χ2n) is 8.71. The van der Waals surface area contributed by atoms with Gasteiger partial charge in [0.15, 0.2) is 5.82 Å². The second kappa shape index (κ2) is 11.8. The van der Waals surface area contributed by atoms with Gasteiger partial charge in [0.05, 0.1) is 17.6 Å². The van der Waals surface area contributed by atoms with Crippen molar-refractivity contribution in [1.82, 2.24) is 24.8 Å². The molecule has 0 unspecified atom stereocenters. The monoisotopic (exact) mass is 468 g/mol. The van der Waals surface area contributed by atoms with E-state index in [1.807, 2.05) is 19.1 Å². The van der Waals surface area contributed by atoms with Crippen LogP contribution in [0.5, 0.6) is 0 Å². The number of pyridine rings is 1. The number of fused-ring (bicyclic) bond motifs is 3. The number of nitrogens with zero attached hydrogens (tertiary/aromatic N) is 4. The van der Waals surface area contributed by atoms with Crippen molar-refractivity contribution in [2.24, 2.45) is 0 Å². The van der Waals surface area contributed by atoms with Gasteiger partial charge in [-0.1, -0.05) is 13.0 Å². The van der Waals surface area contributed by atoms with Crippen LogP contribution in [-0.4, -0.2) is 65.6 Å². The highest BCUT2D eigenvalue weighted by Crippen LogP contribution is 2.30. The SMILES string of the molecule is CCCC(=O)NCCCn1c(CCOC)nc2c(N)nc3ccc(CCC(=O)N(C)C)cc3c21. The number of hydrogen-bond donors (Lipinski definition) is 2. The van der Waals surface area contributed by atoms with Gasteiger partial charge in [0, 0.05) is 58.9 Å². The van der Waals surface area contributed by atoms with Crippen LogP contribution in [0.15, 0.2) is 18.2 Å². The fraction of sp³-hybridized carbons (Fsp3) is 0.520. The third-order valence-corrected chi connectivity index (χ3v) is 5.86. The van der Waals surface area contributed by atoms with E-state index in [0.717, 1.165) is 40.6 Å². The highest BCUT2D eigenvalue weighted by molar-refractivity contribution is 6.06. The van der Waals surface area contributed by atoms with Crippen molar-refractivity contribution < 1.29 is 14.3 Å². The molecule has 0 saturated carbocycles. The molecule has 2 aromatic heterocycles. The minimum absolute atomic E-state index is 0.0772. The molecule has 2 amide bonds. The molecular weight excluding hydrogens is 432 g/mol. The van der Waals surface area contributed by atoms with Gasteiger partial charge >= 0.3 is 0 Å². The summed E-state index contributed by atoms with van der Waals surface area (Å²) in [6.07, 6.45) is 3.87. The summed E-state index contributed by atoms with van der Waals surface area (Å²) in [6, 6.07) is 6.05. The average molecular weight is 469 g/mol. The van der Waals surface area contributed by atoms with Crippen LogP contribution in [0.25, 0.3) is 21.9 Å². The smallest absolute Gasteiger partial charge is 0.222 e. The van der Waals surface area contributed by atoms with Gasteiger partial charge in [0.25, 0.3) is 0 Å². The summed E-state index contributed by atoms with van der Waals surface area (Å²) in [4.78, 5) is 34.9. The van der Waals surface area contributed by atoms with E-state index in [1.165, 1.54) is 0 Å². The van der Waals surface area contributed by atoms with Crippen LogP contribution in [0.3, 0.4) is 0 Å². The Morgan fingerprint density at radius 1 is 1.18 bits per heavy atom. The minimum Gasteiger partial charge on any atom is -0.384 e. The number of nitrogens with two attached hydrogens (primary N) is 1. The van der Waals surface area contributed by atoms with E-state index in [0.29, 0.717) is 56.7 Å². The van der Waals surface area contributed by atoms with Crippen molar-refractivity contribution in [3.05, 3.63) is 29.6 Å². The molecule has 3 rings (SSSR count). The molecule has 0 atom stereocenters. The van der Waals surface area contributed by atoms with Crippen LogP contribution in [0.2, 0.25) is 0 Å². The summed E-state index contributed by atoms with van der Waals surface area (Å²) in [6.45, 7) is 3.82. The zero-order chi connectivity index (χ0) is 24.7. The number of carbonyl (C=O) groups is 2. The molecule has 0 fully saturated rings. The predicted molar refractivity (Wildman–Crippen MR) is 135 cm³/mol. The molecule has 0 aliphatic rings. The van der Waals surface area contributed by atoms with E-state index in [9.17, 15) is 9.59 Å². The van der Waals surface area contributed by atoms with Crippen LogP contribution in [0, 0.1) is 0 Å². The maximum atomic E-state index is 12.1. The largest absolute Gasteiger partial charge is 0.384 e. The first kappa shape index (κ1) is 25.4. The fourth-order valence-electron chi connectivity index (χ4n) is 4.04. The molecule has 184 valence electrons. The molecule has 0 aliphatic heterocycles. The molecule has 0 aliphatic carbocycles. The second-order valence-corrected chi connectivity index (χ2v) is 8.71. The highest BCUT2D eigenvalue weighted by Gasteiger charge is 2.18. The van der Waals surface area contributed by atoms with Crippen molar-refractivity contribution in [2.75, 3.05) is 40.1 Å². The first-order valence-electron chi connectivity index (χ1n) is 11.9. The van der Waals surface area contributed by atoms with Crippen molar-refractivity contribution in [1.29, 1.82) is 0 Å². The van der Waals surface area contributed by atoms with E-state index in [-0.39, 0.29) is 11.8 Å². The van der Waals surface area contributed by atoms with Crippen molar-refractivity contribution in [2.45, 2.75) is 52.0 Å². The molecular formula is C25H36N6O3. The van der Waals surface area contributed by atoms with Gasteiger partial charge in [-0.25, -0.2) is 9.97 Å². The number of carbonyl (C=O) groups excluding carboxylic acids is 2. The Labute approximate surface area is 200 Å². The Morgan fingerprint density at radius 2 is 1.97 bits per heavy atom. The summed E-state index contributed by atoms with van der Waals surface area (Å²) < 4.78 is 7.47. The van der Waals surface area contributed by atoms with Gasteiger partial charge in [-0.3, -0.25) is 9.59 Å². The number of nitrogens with one attached hydrogen (secondary N) is 1. The molecule has 2 heterocycles. The van der Waals surface area contributed by atoms with Crippen molar-refractivity contribution in [3.8, 4) is 0 Å². The van der Waals surface area contributed by atoms with Gasteiger partial charge in [-0.05, 0) is 37.0 Å². The fourth-order valence-corrected chi connectivity index (χ4v) is 4.04. The Bertz CT molecular complexity index is 1150. The Balaban J connectivity index is 1.97. The number of hydrogen-bond acceptors (Lipinski definition) is 6. The van der Waals surface area contributed by atoms with Gasteiger partial charge in [-0.2, -0.15) is 0 Å². The number of benzene rings is 1. The Hall–Kier alpha value is -3.20. The Kier molecular flexibility index (Phi) is 8.81. The lowest BCUT2D eigenvalue weighted by molar-refractivity contribution is -0.128. The number of nitrogen functional groups attached to an aromatic ring is 1. The Morgan fingerprint density at radius 3 is 2.68 bits per heavy atom. The van der Waals surface area contributed by atoms with E-state index >= 15 is 0 Å². The molecule has 9 heteroatoms. The van der Waals surface area contributed by atoms with Crippen LogP contribution >= 0.6 is 0 Å². The first-order chi connectivity index (χ1) is 16.3. The lowest BCUT2D eigenvalue weighted by atomic mass is 10.0. The van der Waals surface area contributed by atoms with E-state index in [1.54, 1.807) is 26.1 Å². The molecule has 0 bridgehead atoms. The zero-order valence-corrected chi connectivity index (χ0v) is 20.7. The lowest BCUT2D eigenvalue weighted by Crippen LogP contribution is -2.24. The van der Waals surface area contributed by atoms with Crippen LogP contribution in [0.1, 0.15) is 44.0 Å². The number of aromatic nitrogens is 3. The summed E-state index contributed by atoms with van der Waals surface area (Å²) in [7, 11) is 5.20. The number of aryl methyl sites for hydroxylation is 2. The maximum Gasteiger partial charge on any atom is 0.222 e. The first-order valence-corrected chi connectivity index (χ1v) is 11.9. The standard InChI is InChI=1S/C25H36N6O3/c1-5-7-21(32)27-13-6-14-31-20(12-15-34-4)29-23-24(31)18-16-17(9-11-22(33)30(2)3)8-10-19(18)28-25(23)26/h8,10,16H,5-7,9,11-15H2,1-4H3,(H2,26,28)(H,27,32). The molecule has 3 aromatic rings. The number of rotatable bonds is 12. The van der Waals surface area contributed by atoms with Crippen molar-refractivity contribution >= 4 is 39.6 Å². The third kappa shape index (κ3) is 6.02. The van der Waals surface area contributed by atoms with Gasteiger partial charge in [0.2, 0.25) is 11.8 Å².